The standard InChI is InChI=1S/C8H12O2S.C2H6/c1-7-5-3-4-6-8(7)11(2,9)10;1-2/h3-6,9-10H,1-2H3;1-2H3. The topological polar surface area (TPSA) is 40.5 Å². The van der Waals surface area contributed by atoms with Crippen LogP contribution in [0.2, 0.25) is 0 Å². The summed E-state index contributed by atoms with van der Waals surface area (Å²) < 4.78 is 18.6. The van der Waals surface area contributed by atoms with Gasteiger partial charge in [-0.3, -0.25) is 9.11 Å². The molecule has 0 heterocycles. The van der Waals surface area contributed by atoms with Crippen molar-refractivity contribution in [2.45, 2.75) is 25.7 Å². The summed E-state index contributed by atoms with van der Waals surface area (Å²) in [6.45, 7) is 5.87. The molecule has 13 heavy (non-hydrogen) atoms. The second-order valence-electron chi connectivity index (χ2n) is 2.60. The van der Waals surface area contributed by atoms with Crippen LogP contribution in [0, 0.1) is 6.92 Å². The van der Waals surface area contributed by atoms with Crippen molar-refractivity contribution >= 4 is 10.6 Å². The minimum absolute atomic E-state index is 0.639. The van der Waals surface area contributed by atoms with Crippen molar-refractivity contribution in [2.75, 3.05) is 6.26 Å². The Labute approximate surface area is 82.0 Å². The van der Waals surface area contributed by atoms with Gasteiger partial charge < -0.3 is 0 Å². The van der Waals surface area contributed by atoms with Gasteiger partial charge >= 0.3 is 0 Å². The van der Waals surface area contributed by atoms with Crippen LogP contribution in [0.15, 0.2) is 29.2 Å². The van der Waals surface area contributed by atoms with Crippen molar-refractivity contribution in [1.82, 2.24) is 0 Å². The Morgan fingerprint density at radius 1 is 1.08 bits per heavy atom. The molecule has 0 unspecified atom stereocenters. The minimum Gasteiger partial charge on any atom is -0.295 e. The Kier molecular flexibility index (Phi) is 5.06. The summed E-state index contributed by atoms with van der Waals surface area (Å²) in [5, 5.41) is 0. The molecule has 0 saturated heterocycles. The van der Waals surface area contributed by atoms with Crippen molar-refractivity contribution in [2.24, 2.45) is 0 Å². The Hall–Kier alpha value is -0.510. The van der Waals surface area contributed by atoms with Crippen molar-refractivity contribution in [3.05, 3.63) is 29.8 Å². The lowest BCUT2D eigenvalue weighted by atomic mass is 10.2. The third kappa shape index (κ3) is 3.81. The van der Waals surface area contributed by atoms with E-state index in [9.17, 15) is 9.11 Å². The lowest BCUT2D eigenvalue weighted by Crippen LogP contribution is -1.96. The molecule has 1 aromatic rings. The first-order valence-corrected chi connectivity index (χ1v) is 6.26. The third-order valence-corrected chi connectivity index (χ3v) is 2.80. The highest BCUT2D eigenvalue weighted by Gasteiger charge is 2.09. The van der Waals surface area contributed by atoms with Crippen LogP contribution in [0.5, 0.6) is 0 Å². The third-order valence-electron chi connectivity index (χ3n) is 1.51. The molecule has 0 aliphatic heterocycles. The molecule has 0 aliphatic rings. The summed E-state index contributed by atoms with van der Waals surface area (Å²) >= 11 is 0. The Morgan fingerprint density at radius 3 is 1.85 bits per heavy atom. The summed E-state index contributed by atoms with van der Waals surface area (Å²) in [5.41, 5.74) is 0.926. The van der Waals surface area contributed by atoms with Gasteiger partial charge in [-0.05, 0) is 18.6 Å². The average Bonchev–Trinajstić information content (AvgIpc) is 2.07. The zero-order valence-electron chi connectivity index (χ0n) is 8.61. The van der Waals surface area contributed by atoms with E-state index in [-0.39, 0.29) is 0 Å². The second kappa shape index (κ2) is 5.27. The van der Waals surface area contributed by atoms with Crippen LogP contribution in [0.3, 0.4) is 0 Å². The normalized spacial score (nSPS) is 11.5. The first kappa shape index (κ1) is 12.5. The lowest BCUT2D eigenvalue weighted by Gasteiger charge is -2.28. The fraction of sp³-hybridized carbons (Fsp3) is 0.400. The van der Waals surface area contributed by atoms with Gasteiger partial charge in [-0.2, -0.15) is 10.6 Å². The largest absolute Gasteiger partial charge is 0.295 e. The summed E-state index contributed by atoms with van der Waals surface area (Å²) in [5.74, 6) is 0. The van der Waals surface area contributed by atoms with Crippen molar-refractivity contribution < 1.29 is 9.11 Å². The van der Waals surface area contributed by atoms with Gasteiger partial charge in [0.2, 0.25) is 0 Å². The van der Waals surface area contributed by atoms with Crippen LogP contribution in [-0.4, -0.2) is 15.4 Å². The smallest absolute Gasteiger partial charge is 0.0609 e. The quantitative estimate of drug-likeness (QED) is 0.728. The van der Waals surface area contributed by atoms with Gasteiger partial charge in [0.05, 0.1) is 4.90 Å². The fourth-order valence-corrected chi connectivity index (χ4v) is 2.00. The number of aryl methyl sites for hydroxylation is 1. The lowest BCUT2D eigenvalue weighted by molar-refractivity contribution is 0.494. The molecule has 1 aromatic carbocycles. The monoisotopic (exact) mass is 202 g/mol. The molecule has 0 aromatic heterocycles. The van der Waals surface area contributed by atoms with Gasteiger partial charge in [0.25, 0.3) is 0 Å². The molecular formula is C10H18O2S. The van der Waals surface area contributed by atoms with E-state index in [1.807, 2.05) is 32.9 Å². The summed E-state index contributed by atoms with van der Waals surface area (Å²) in [6.07, 6.45) is 1.44. The molecule has 0 saturated carbocycles. The van der Waals surface area contributed by atoms with Crippen molar-refractivity contribution in [3.63, 3.8) is 0 Å². The highest BCUT2D eigenvalue weighted by molar-refractivity contribution is 8.23. The average molecular weight is 202 g/mol. The second-order valence-corrected chi connectivity index (χ2v) is 4.71. The zero-order chi connectivity index (χ0) is 10.5. The molecule has 0 radical (unpaired) electrons. The molecule has 2 N–H and O–H groups in total. The maximum atomic E-state index is 9.31. The van der Waals surface area contributed by atoms with E-state index in [2.05, 4.69) is 0 Å². The van der Waals surface area contributed by atoms with Crippen molar-refractivity contribution in [3.8, 4) is 0 Å². The van der Waals surface area contributed by atoms with E-state index in [1.54, 1.807) is 12.1 Å². The number of rotatable bonds is 1. The van der Waals surface area contributed by atoms with Crippen LogP contribution in [0.4, 0.5) is 0 Å². The minimum atomic E-state index is -2.53. The molecule has 76 valence electrons. The highest BCUT2D eigenvalue weighted by Crippen LogP contribution is 2.45. The summed E-state index contributed by atoms with van der Waals surface area (Å²) in [6, 6.07) is 7.29. The van der Waals surface area contributed by atoms with Gasteiger partial charge in [0.15, 0.2) is 0 Å². The fourth-order valence-electron chi connectivity index (χ4n) is 0.990. The van der Waals surface area contributed by atoms with Crippen molar-refractivity contribution in [1.29, 1.82) is 0 Å². The highest BCUT2D eigenvalue weighted by atomic mass is 32.3. The first-order chi connectivity index (χ1) is 6.02. The van der Waals surface area contributed by atoms with Crippen LogP contribution in [-0.2, 0) is 0 Å². The van der Waals surface area contributed by atoms with Crippen LogP contribution >= 0.6 is 10.6 Å². The Balaban J connectivity index is 0.000000671. The molecule has 0 fully saturated rings. The van der Waals surface area contributed by atoms with E-state index < -0.39 is 10.6 Å². The summed E-state index contributed by atoms with van der Waals surface area (Å²) in [7, 11) is -2.53. The maximum Gasteiger partial charge on any atom is 0.0609 e. The molecule has 0 aliphatic carbocycles. The first-order valence-electron chi connectivity index (χ1n) is 4.30. The number of benzene rings is 1. The van der Waals surface area contributed by atoms with Gasteiger partial charge in [0.1, 0.15) is 0 Å². The van der Waals surface area contributed by atoms with Gasteiger partial charge in [-0.1, -0.05) is 32.0 Å². The molecule has 0 amide bonds. The van der Waals surface area contributed by atoms with E-state index in [1.165, 1.54) is 6.26 Å². The van der Waals surface area contributed by atoms with Crippen LogP contribution < -0.4 is 0 Å². The number of hydrogen-bond donors (Lipinski definition) is 2. The van der Waals surface area contributed by atoms with Gasteiger partial charge in [-0.15, -0.1) is 0 Å². The molecule has 1 rings (SSSR count). The SMILES string of the molecule is CC.Cc1ccccc1S(C)(O)O. The van der Waals surface area contributed by atoms with Gasteiger partial charge in [0, 0.05) is 6.26 Å². The molecule has 0 spiro atoms. The molecule has 0 atom stereocenters. The van der Waals surface area contributed by atoms with Gasteiger partial charge in [-0.25, -0.2) is 0 Å². The van der Waals surface area contributed by atoms with E-state index >= 15 is 0 Å². The van der Waals surface area contributed by atoms with E-state index in [4.69, 9.17) is 0 Å². The maximum absolute atomic E-state index is 9.31. The van der Waals surface area contributed by atoms with Crippen LogP contribution in [0.1, 0.15) is 19.4 Å². The molecule has 2 nitrogen and oxygen atoms in total. The van der Waals surface area contributed by atoms with Crippen LogP contribution in [0.25, 0.3) is 0 Å². The molecular weight excluding hydrogens is 184 g/mol. The zero-order valence-corrected chi connectivity index (χ0v) is 9.43. The Bertz CT molecular complexity index is 253. The molecule has 0 bridgehead atoms. The van der Waals surface area contributed by atoms with E-state index in [0.717, 1.165) is 5.56 Å². The predicted octanol–water partition coefficient (Wildman–Crippen LogP) is 3.76. The Morgan fingerprint density at radius 2 is 1.54 bits per heavy atom. The van der Waals surface area contributed by atoms with E-state index in [0.29, 0.717) is 4.90 Å². The summed E-state index contributed by atoms with van der Waals surface area (Å²) in [4.78, 5) is 0.639. The molecule has 3 heteroatoms. The number of hydrogen-bond acceptors (Lipinski definition) is 2. The predicted molar refractivity (Wildman–Crippen MR) is 59.6 cm³/mol.